The Kier molecular flexibility index (Phi) is 8.08. The third kappa shape index (κ3) is 5.98. The first kappa shape index (κ1) is 15.8. The number of nitrogens with zero attached hydrogens (tertiary/aromatic N) is 1. The Labute approximate surface area is 114 Å². The third-order valence-corrected chi connectivity index (χ3v) is 2.63. The maximum Gasteiger partial charge on any atom is 0.137 e. The van der Waals surface area contributed by atoms with E-state index < -0.39 is 0 Å². The maximum atomic E-state index is 5.57. The van der Waals surface area contributed by atoms with Gasteiger partial charge in [0.15, 0.2) is 0 Å². The third-order valence-electron chi connectivity index (χ3n) is 2.63. The molecule has 1 rings (SSSR count). The van der Waals surface area contributed by atoms with E-state index in [1.165, 1.54) is 0 Å². The quantitative estimate of drug-likeness (QED) is 0.375. The number of nitrogens with two attached hydrogens (primary N) is 1. The zero-order chi connectivity index (χ0) is 13.9. The van der Waals surface area contributed by atoms with Crippen molar-refractivity contribution >= 4 is 0 Å². The van der Waals surface area contributed by atoms with E-state index in [4.69, 9.17) is 20.1 Å². The zero-order valence-corrected chi connectivity index (χ0v) is 11.6. The van der Waals surface area contributed by atoms with Crippen LogP contribution >= 0.6 is 0 Å². The van der Waals surface area contributed by atoms with Crippen LogP contribution in [0, 0.1) is 0 Å². The monoisotopic (exact) mass is 269 g/mol. The Hall–Kier alpha value is -1.21. The average Bonchev–Trinajstić information content (AvgIpc) is 2.43. The van der Waals surface area contributed by atoms with Gasteiger partial charge in [0.05, 0.1) is 26.0 Å². The molecule has 1 atom stereocenters. The number of hydrogen-bond donors (Lipinski definition) is 2. The van der Waals surface area contributed by atoms with Crippen molar-refractivity contribution < 1.29 is 14.2 Å². The predicted molar refractivity (Wildman–Crippen MR) is 72.8 cm³/mol. The molecule has 6 nitrogen and oxygen atoms in total. The highest BCUT2D eigenvalue weighted by Gasteiger charge is 2.11. The number of rotatable bonds is 10. The molecule has 1 aromatic heterocycles. The van der Waals surface area contributed by atoms with Gasteiger partial charge in [0.25, 0.3) is 0 Å². The lowest BCUT2D eigenvalue weighted by Gasteiger charge is -2.16. The van der Waals surface area contributed by atoms with Crippen LogP contribution in [-0.4, -0.2) is 38.5 Å². The van der Waals surface area contributed by atoms with E-state index in [1.54, 1.807) is 19.5 Å². The van der Waals surface area contributed by atoms with Crippen molar-refractivity contribution in [2.45, 2.75) is 19.4 Å². The van der Waals surface area contributed by atoms with Crippen LogP contribution in [0.15, 0.2) is 18.5 Å². The van der Waals surface area contributed by atoms with Gasteiger partial charge in [-0.25, -0.2) is 0 Å². The van der Waals surface area contributed by atoms with Crippen molar-refractivity contribution in [3.63, 3.8) is 0 Å². The molecule has 0 saturated heterocycles. The van der Waals surface area contributed by atoms with Gasteiger partial charge in [-0.05, 0) is 25.0 Å². The van der Waals surface area contributed by atoms with Gasteiger partial charge in [0, 0.05) is 26.0 Å². The fraction of sp³-hybridized carbons (Fsp3) is 0.615. The first-order valence-corrected chi connectivity index (χ1v) is 6.42. The molecule has 1 aromatic rings. The van der Waals surface area contributed by atoms with E-state index in [9.17, 15) is 0 Å². The summed E-state index contributed by atoms with van der Waals surface area (Å²) in [4.78, 5) is 4.15. The summed E-state index contributed by atoms with van der Waals surface area (Å²) in [6.45, 7) is 4.35. The highest BCUT2D eigenvalue weighted by Crippen LogP contribution is 2.19. The Balaban J connectivity index is 2.46. The highest BCUT2D eigenvalue weighted by molar-refractivity contribution is 5.25. The van der Waals surface area contributed by atoms with Crippen LogP contribution in [0.5, 0.6) is 5.75 Å². The SMILES string of the molecule is CCOc1cncc(C(CCOCCOC)NN)c1. The topological polar surface area (TPSA) is 78.6 Å². The molecule has 0 aromatic carbocycles. The molecule has 0 aliphatic rings. The number of pyridine rings is 1. The molecule has 0 bridgehead atoms. The Morgan fingerprint density at radius 3 is 2.84 bits per heavy atom. The number of nitrogens with one attached hydrogen (secondary N) is 1. The van der Waals surface area contributed by atoms with E-state index >= 15 is 0 Å². The number of hydrogen-bond acceptors (Lipinski definition) is 6. The largest absolute Gasteiger partial charge is 0.492 e. The van der Waals surface area contributed by atoms with E-state index in [2.05, 4.69) is 10.4 Å². The molecule has 3 N–H and O–H groups in total. The van der Waals surface area contributed by atoms with Gasteiger partial charge in [0.1, 0.15) is 5.75 Å². The van der Waals surface area contributed by atoms with Crippen LogP contribution in [0.2, 0.25) is 0 Å². The van der Waals surface area contributed by atoms with Crippen LogP contribution in [-0.2, 0) is 9.47 Å². The lowest BCUT2D eigenvalue weighted by molar-refractivity contribution is 0.0657. The molecule has 0 radical (unpaired) electrons. The summed E-state index contributed by atoms with van der Waals surface area (Å²) in [5.41, 5.74) is 3.76. The van der Waals surface area contributed by atoms with Gasteiger partial charge in [-0.15, -0.1) is 0 Å². The molecule has 1 unspecified atom stereocenters. The fourth-order valence-electron chi connectivity index (χ4n) is 1.66. The molecule has 0 saturated carbocycles. The van der Waals surface area contributed by atoms with Crippen molar-refractivity contribution in [1.82, 2.24) is 10.4 Å². The Morgan fingerprint density at radius 1 is 1.32 bits per heavy atom. The second-order valence-electron chi connectivity index (χ2n) is 4.00. The summed E-state index contributed by atoms with van der Waals surface area (Å²) < 4.78 is 15.8. The minimum atomic E-state index is -0.00421. The summed E-state index contributed by atoms with van der Waals surface area (Å²) in [6.07, 6.45) is 4.23. The van der Waals surface area contributed by atoms with Crippen molar-refractivity contribution in [3.05, 3.63) is 24.0 Å². The molecular weight excluding hydrogens is 246 g/mol. The van der Waals surface area contributed by atoms with Crippen LogP contribution in [0.1, 0.15) is 24.9 Å². The first-order valence-electron chi connectivity index (χ1n) is 6.42. The van der Waals surface area contributed by atoms with Gasteiger partial charge >= 0.3 is 0 Å². The van der Waals surface area contributed by atoms with Crippen molar-refractivity contribution in [1.29, 1.82) is 0 Å². The summed E-state index contributed by atoms with van der Waals surface area (Å²) >= 11 is 0. The molecule has 6 heteroatoms. The van der Waals surface area contributed by atoms with Crippen LogP contribution in [0.3, 0.4) is 0 Å². The average molecular weight is 269 g/mol. The summed E-state index contributed by atoms with van der Waals surface area (Å²) in [5, 5.41) is 0. The van der Waals surface area contributed by atoms with Gasteiger partial charge in [-0.3, -0.25) is 16.3 Å². The number of ether oxygens (including phenoxy) is 3. The van der Waals surface area contributed by atoms with Gasteiger partial charge in [-0.1, -0.05) is 0 Å². The minimum absolute atomic E-state index is 0.00421. The second-order valence-corrected chi connectivity index (χ2v) is 4.00. The summed E-state index contributed by atoms with van der Waals surface area (Å²) in [6, 6.07) is 1.94. The zero-order valence-electron chi connectivity index (χ0n) is 11.6. The predicted octanol–water partition coefficient (Wildman–Crippen LogP) is 1.04. The van der Waals surface area contributed by atoms with E-state index in [1.807, 2.05) is 13.0 Å². The Morgan fingerprint density at radius 2 is 2.16 bits per heavy atom. The molecule has 1 heterocycles. The van der Waals surface area contributed by atoms with E-state index in [0.29, 0.717) is 26.4 Å². The van der Waals surface area contributed by atoms with Crippen molar-refractivity contribution in [2.75, 3.05) is 33.5 Å². The summed E-state index contributed by atoms with van der Waals surface area (Å²) in [7, 11) is 1.65. The Bertz CT molecular complexity index is 350. The molecular formula is C13H23N3O3. The molecule has 0 aliphatic carbocycles. The summed E-state index contributed by atoms with van der Waals surface area (Å²) in [5.74, 6) is 6.32. The lowest BCUT2D eigenvalue weighted by Crippen LogP contribution is -2.29. The number of aromatic nitrogens is 1. The first-order chi connectivity index (χ1) is 9.31. The van der Waals surface area contributed by atoms with Crippen LogP contribution in [0.4, 0.5) is 0 Å². The number of methoxy groups -OCH3 is 1. The van der Waals surface area contributed by atoms with Crippen molar-refractivity contribution in [3.8, 4) is 5.75 Å². The van der Waals surface area contributed by atoms with Gasteiger partial charge in [0.2, 0.25) is 0 Å². The second kappa shape index (κ2) is 9.69. The highest BCUT2D eigenvalue weighted by atomic mass is 16.5. The van der Waals surface area contributed by atoms with E-state index in [-0.39, 0.29) is 6.04 Å². The molecule has 108 valence electrons. The molecule has 0 fully saturated rings. The van der Waals surface area contributed by atoms with Crippen LogP contribution < -0.4 is 16.0 Å². The molecule has 0 aliphatic heterocycles. The van der Waals surface area contributed by atoms with E-state index in [0.717, 1.165) is 17.7 Å². The minimum Gasteiger partial charge on any atom is -0.492 e. The normalized spacial score (nSPS) is 12.4. The standard InChI is InChI=1S/C13H23N3O3/c1-3-19-12-8-11(9-15-10-12)13(16-14)4-5-18-7-6-17-2/h8-10,13,16H,3-7,14H2,1-2H3. The smallest absolute Gasteiger partial charge is 0.137 e. The molecule has 0 amide bonds. The fourth-order valence-corrected chi connectivity index (χ4v) is 1.66. The van der Waals surface area contributed by atoms with Gasteiger partial charge in [-0.2, -0.15) is 0 Å². The lowest BCUT2D eigenvalue weighted by atomic mass is 10.1. The molecule has 19 heavy (non-hydrogen) atoms. The molecule has 0 spiro atoms. The van der Waals surface area contributed by atoms with Crippen LogP contribution in [0.25, 0.3) is 0 Å². The number of hydrazine groups is 1. The maximum absolute atomic E-state index is 5.57. The van der Waals surface area contributed by atoms with Gasteiger partial charge < -0.3 is 14.2 Å². The van der Waals surface area contributed by atoms with Crippen molar-refractivity contribution in [2.24, 2.45) is 5.84 Å².